The first-order valence-electron chi connectivity index (χ1n) is 6.19. The summed E-state index contributed by atoms with van der Waals surface area (Å²) in [5, 5.41) is 3.68. The van der Waals surface area contributed by atoms with E-state index in [-0.39, 0.29) is 6.04 Å². The molecule has 21 heavy (non-hydrogen) atoms. The fourth-order valence-electron chi connectivity index (χ4n) is 1.98. The van der Waals surface area contributed by atoms with Crippen molar-refractivity contribution in [2.75, 3.05) is 5.32 Å². The number of halogens is 3. The van der Waals surface area contributed by atoms with Crippen LogP contribution in [0.15, 0.2) is 45.3 Å². The quantitative estimate of drug-likeness (QED) is 0.703. The molecule has 0 aliphatic rings. The number of carbonyl (C=O) groups excluding carboxylic acids is 1. The zero-order chi connectivity index (χ0) is 15.6. The Balaban J connectivity index is 2.25. The molecule has 0 fully saturated rings. The largest absolute Gasteiger partial charge is 0.378 e. The number of rotatable bonds is 4. The van der Waals surface area contributed by atoms with Gasteiger partial charge in [0.2, 0.25) is 5.91 Å². The van der Waals surface area contributed by atoms with E-state index >= 15 is 0 Å². The number of nitrogens with one attached hydrogen (secondary N) is 1. The number of primary amides is 1. The van der Waals surface area contributed by atoms with Gasteiger partial charge in [-0.2, -0.15) is 0 Å². The van der Waals surface area contributed by atoms with E-state index < -0.39 is 5.91 Å². The summed E-state index contributed by atoms with van der Waals surface area (Å²) in [7, 11) is 0. The van der Waals surface area contributed by atoms with Gasteiger partial charge in [-0.05, 0) is 42.8 Å². The molecular formula is C15H13Br2ClN2O. The van der Waals surface area contributed by atoms with Gasteiger partial charge in [0.1, 0.15) is 0 Å². The van der Waals surface area contributed by atoms with Crippen LogP contribution in [0, 0.1) is 0 Å². The summed E-state index contributed by atoms with van der Waals surface area (Å²) in [6, 6.07) is 11.2. The minimum Gasteiger partial charge on any atom is -0.378 e. The molecule has 0 aromatic heterocycles. The molecule has 110 valence electrons. The van der Waals surface area contributed by atoms with Crippen LogP contribution in [0.1, 0.15) is 28.9 Å². The van der Waals surface area contributed by atoms with Crippen LogP contribution in [0.5, 0.6) is 0 Å². The van der Waals surface area contributed by atoms with Crippen molar-refractivity contribution in [1.29, 1.82) is 0 Å². The molecule has 0 aliphatic heterocycles. The van der Waals surface area contributed by atoms with Gasteiger partial charge in [-0.1, -0.05) is 49.5 Å². The fourth-order valence-corrected chi connectivity index (χ4v) is 3.59. The van der Waals surface area contributed by atoms with Gasteiger partial charge in [-0.15, -0.1) is 0 Å². The van der Waals surface area contributed by atoms with Crippen LogP contribution in [0.4, 0.5) is 5.69 Å². The van der Waals surface area contributed by atoms with Gasteiger partial charge in [0.05, 0.1) is 10.6 Å². The fraction of sp³-hybridized carbons (Fsp3) is 0.133. The van der Waals surface area contributed by atoms with Gasteiger partial charge in [0, 0.05) is 20.7 Å². The van der Waals surface area contributed by atoms with Crippen LogP contribution in [0.25, 0.3) is 0 Å². The molecule has 2 aromatic rings. The van der Waals surface area contributed by atoms with Crippen molar-refractivity contribution in [2.24, 2.45) is 5.73 Å². The van der Waals surface area contributed by atoms with Gasteiger partial charge in [0.15, 0.2) is 0 Å². The smallest absolute Gasteiger partial charge is 0.250 e. The lowest BCUT2D eigenvalue weighted by atomic mass is 10.1. The molecule has 0 radical (unpaired) electrons. The van der Waals surface area contributed by atoms with E-state index in [1.54, 1.807) is 12.1 Å². The first-order valence-corrected chi connectivity index (χ1v) is 8.15. The van der Waals surface area contributed by atoms with Crippen molar-refractivity contribution in [1.82, 2.24) is 0 Å². The molecule has 1 unspecified atom stereocenters. The van der Waals surface area contributed by atoms with Crippen molar-refractivity contribution in [3.63, 3.8) is 0 Å². The lowest BCUT2D eigenvalue weighted by Gasteiger charge is -2.18. The molecule has 1 atom stereocenters. The molecule has 2 aromatic carbocycles. The first-order chi connectivity index (χ1) is 9.88. The Hall–Kier alpha value is -1.04. The van der Waals surface area contributed by atoms with Crippen molar-refractivity contribution >= 4 is 55.1 Å². The summed E-state index contributed by atoms with van der Waals surface area (Å²) in [6.07, 6.45) is 0. The molecule has 6 heteroatoms. The molecule has 0 spiro atoms. The Morgan fingerprint density at radius 2 is 1.95 bits per heavy atom. The second kappa shape index (κ2) is 6.81. The Kier molecular flexibility index (Phi) is 5.30. The number of hydrogen-bond donors (Lipinski definition) is 2. The Bertz CT molecular complexity index is 691. The van der Waals surface area contributed by atoms with Crippen LogP contribution < -0.4 is 11.1 Å². The highest BCUT2D eigenvalue weighted by Crippen LogP contribution is 2.30. The van der Waals surface area contributed by atoms with E-state index in [1.165, 1.54) is 0 Å². The van der Waals surface area contributed by atoms with E-state index in [0.29, 0.717) is 10.6 Å². The van der Waals surface area contributed by atoms with Crippen LogP contribution in [0.2, 0.25) is 5.02 Å². The van der Waals surface area contributed by atoms with E-state index in [0.717, 1.165) is 20.2 Å². The third-order valence-corrected chi connectivity index (χ3v) is 4.55. The second-order valence-corrected chi connectivity index (χ2v) is 6.77. The van der Waals surface area contributed by atoms with Crippen LogP contribution in [-0.2, 0) is 0 Å². The third kappa shape index (κ3) is 3.99. The Morgan fingerprint density at radius 3 is 2.57 bits per heavy atom. The minimum atomic E-state index is -0.541. The van der Waals surface area contributed by atoms with Crippen LogP contribution >= 0.6 is 43.5 Å². The monoisotopic (exact) mass is 430 g/mol. The third-order valence-electron chi connectivity index (χ3n) is 3.04. The molecule has 0 aliphatic carbocycles. The zero-order valence-corrected chi connectivity index (χ0v) is 15.1. The van der Waals surface area contributed by atoms with Crippen molar-refractivity contribution in [3.05, 3.63) is 61.5 Å². The zero-order valence-electron chi connectivity index (χ0n) is 11.2. The highest BCUT2D eigenvalue weighted by Gasteiger charge is 2.12. The highest BCUT2D eigenvalue weighted by atomic mass is 79.9. The number of anilines is 1. The normalized spacial score (nSPS) is 12.0. The van der Waals surface area contributed by atoms with Gasteiger partial charge < -0.3 is 11.1 Å². The maximum absolute atomic E-state index is 11.3. The molecule has 3 N–H and O–H groups in total. The van der Waals surface area contributed by atoms with E-state index in [2.05, 4.69) is 37.2 Å². The number of nitrogens with two attached hydrogens (primary N) is 1. The Morgan fingerprint density at radius 1 is 1.24 bits per heavy atom. The first kappa shape index (κ1) is 16.3. The average molecular weight is 433 g/mol. The molecule has 0 saturated heterocycles. The summed E-state index contributed by atoms with van der Waals surface area (Å²) in [5.74, 6) is -0.541. The molecule has 0 saturated carbocycles. The van der Waals surface area contributed by atoms with E-state index in [9.17, 15) is 4.79 Å². The lowest BCUT2D eigenvalue weighted by molar-refractivity contribution is 0.100. The van der Waals surface area contributed by atoms with E-state index in [1.807, 2.05) is 31.2 Å². The summed E-state index contributed by atoms with van der Waals surface area (Å²) in [4.78, 5) is 11.3. The number of amides is 1. The Labute approximate surface area is 145 Å². The highest BCUT2D eigenvalue weighted by molar-refractivity contribution is 9.11. The molecular weight excluding hydrogens is 419 g/mol. The van der Waals surface area contributed by atoms with Gasteiger partial charge >= 0.3 is 0 Å². The predicted octanol–water partition coefficient (Wildman–Crippen LogP) is 5.14. The number of carbonyl (C=O) groups is 1. The van der Waals surface area contributed by atoms with Gasteiger partial charge in [0.25, 0.3) is 0 Å². The van der Waals surface area contributed by atoms with Crippen LogP contribution in [0.3, 0.4) is 0 Å². The molecule has 2 rings (SSSR count). The van der Waals surface area contributed by atoms with Gasteiger partial charge in [-0.25, -0.2) is 0 Å². The molecule has 0 heterocycles. The summed E-state index contributed by atoms with van der Waals surface area (Å²) < 4.78 is 2.01. The summed E-state index contributed by atoms with van der Waals surface area (Å²) >= 11 is 12.9. The lowest BCUT2D eigenvalue weighted by Crippen LogP contribution is -2.13. The molecule has 3 nitrogen and oxygen atoms in total. The number of hydrogen-bond acceptors (Lipinski definition) is 2. The van der Waals surface area contributed by atoms with Crippen LogP contribution in [-0.4, -0.2) is 5.91 Å². The average Bonchev–Trinajstić information content (AvgIpc) is 2.40. The standard InChI is InChI=1S/C15H13Br2ClN2O/c1-8(11-4-2-9(16)6-13(11)17)20-10-3-5-14(18)12(7-10)15(19)21/h2-8,20H,1H3,(H2,19,21). The molecule has 0 bridgehead atoms. The van der Waals surface area contributed by atoms with Crippen molar-refractivity contribution < 1.29 is 4.79 Å². The maximum Gasteiger partial charge on any atom is 0.250 e. The predicted molar refractivity (Wildman–Crippen MR) is 93.8 cm³/mol. The summed E-state index contributed by atoms with van der Waals surface area (Å²) in [6.45, 7) is 2.03. The second-order valence-electron chi connectivity index (χ2n) is 4.59. The van der Waals surface area contributed by atoms with E-state index in [4.69, 9.17) is 17.3 Å². The van der Waals surface area contributed by atoms with Crippen molar-refractivity contribution in [3.8, 4) is 0 Å². The SMILES string of the molecule is CC(Nc1ccc(Cl)c(C(N)=O)c1)c1ccc(Br)cc1Br. The molecule has 1 amide bonds. The summed E-state index contributed by atoms with van der Waals surface area (Å²) in [5.41, 5.74) is 7.50. The number of benzene rings is 2. The van der Waals surface area contributed by atoms with Crippen molar-refractivity contribution in [2.45, 2.75) is 13.0 Å². The topological polar surface area (TPSA) is 55.1 Å². The maximum atomic E-state index is 11.3. The minimum absolute atomic E-state index is 0.0503. The van der Waals surface area contributed by atoms with Gasteiger partial charge in [-0.3, -0.25) is 4.79 Å².